The van der Waals surface area contributed by atoms with Crippen LogP contribution < -0.4 is 5.63 Å². The van der Waals surface area contributed by atoms with E-state index in [0.29, 0.717) is 0 Å². The number of halogens is 4. The van der Waals surface area contributed by atoms with Gasteiger partial charge in [0.25, 0.3) is 0 Å². The van der Waals surface area contributed by atoms with Crippen molar-refractivity contribution in [2.24, 2.45) is 0 Å². The summed E-state index contributed by atoms with van der Waals surface area (Å²) in [6.07, 6.45) is -4.59. The van der Waals surface area contributed by atoms with Crippen LogP contribution in [0.1, 0.15) is 23.8 Å². The summed E-state index contributed by atoms with van der Waals surface area (Å²) in [5, 5.41) is -1.01. The Morgan fingerprint density at radius 3 is 2.61 bits per heavy atom. The van der Waals surface area contributed by atoms with Gasteiger partial charge in [0, 0.05) is 0 Å². The Bertz CT molecular complexity index is 649. The van der Waals surface area contributed by atoms with Crippen molar-refractivity contribution in [1.82, 2.24) is 4.98 Å². The van der Waals surface area contributed by atoms with Gasteiger partial charge in [-0.05, 0) is 19.1 Å². The van der Waals surface area contributed by atoms with Crippen molar-refractivity contribution in [2.45, 2.75) is 18.5 Å². The van der Waals surface area contributed by atoms with Crippen molar-refractivity contribution in [3.05, 3.63) is 40.1 Å². The second-order valence-corrected chi connectivity index (χ2v) is 4.31. The lowest BCUT2D eigenvalue weighted by molar-refractivity contribution is -0.136. The number of rotatable bonds is 1. The Labute approximate surface area is 104 Å². The summed E-state index contributed by atoms with van der Waals surface area (Å²) in [7, 11) is 0. The topological polar surface area (TPSA) is 43.1 Å². The fraction of sp³-hybridized carbons (Fsp3) is 0.273. The lowest BCUT2D eigenvalue weighted by Crippen LogP contribution is -2.12. The van der Waals surface area contributed by atoms with Gasteiger partial charge < -0.3 is 4.42 Å². The number of benzene rings is 1. The highest BCUT2D eigenvalue weighted by Crippen LogP contribution is 2.33. The minimum absolute atomic E-state index is 0.217. The minimum atomic E-state index is -4.59. The van der Waals surface area contributed by atoms with Crippen LogP contribution in [0.25, 0.3) is 10.9 Å². The Hall–Kier alpha value is -1.56. The van der Waals surface area contributed by atoms with Crippen molar-refractivity contribution >= 4 is 22.5 Å². The molecule has 0 amide bonds. The lowest BCUT2D eigenvalue weighted by atomic mass is 10.1. The quantitative estimate of drug-likeness (QED) is 0.749. The minimum Gasteiger partial charge on any atom is -0.406 e. The first-order valence-electron chi connectivity index (χ1n) is 4.95. The van der Waals surface area contributed by atoms with E-state index in [1.54, 1.807) is 0 Å². The first kappa shape index (κ1) is 12.9. The van der Waals surface area contributed by atoms with Crippen LogP contribution in [0.4, 0.5) is 13.2 Å². The molecule has 1 aromatic carbocycles. The molecule has 0 fully saturated rings. The zero-order valence-corrected chi connectivity index (χ0v) is 9.84. The van der Waals surface area contributed by atoms with Crippen LogP contribution in [-0.2, 0) is 6.18 Å². The van der Waals surface area contributed by atoms with E-state index in [0.717, 1.165) is 12.1 Å². The fourth-order valence-corrected chi connectivity index (χ4v) is 1.60. The summed E-state index contributed by atoms with van der Waals surface area (Å²) < 4.78 is 43.1. The van der Waals surface area contributed by atoms with Crippen molar-refractivity contribution in [2.75, 3.05) is 0 Å². The molecule has 0 aliphatic rings. The molecule has 0 aliphatic heterocycles. The summed E-state index contributed by atoms with van der Waals surface area (Å²) in [6, 6.07) is 3.22. The number of fused-ring (bicyclic) bond motifs is 1. The number of hydrogen-bond donors (Lipinski definition) is 0. The molecular weight excluding hydrogens is 271 g/mol. The highest BCUT2D eigenvalue weighted by atomic mass is 35.5. The van der Waals surface area contributed by atoms with Gasteiger partial charge in [0.1, 0.15) is 5.38 Å². The zero-order chi connectivity index (χ0) is 13.5. The Morgan fingerprint density at radius 2 is 2.06 bits per heavy atom. The summed E-state index contributed by atoms with van der Waals surface area (Å²) in [5.41, 5.74) is -2.30. The zero-order valence-electron chi connectivity index (χ0n) is 9.08. The molecule has 7 heteroatoms. The van der Waals surface area contributed by atoms with Gasteiger partial charge in [0.05, 0.1) is 16.5 Å². The van der Waals surface area contributed by atoms with Gasteiger partial charge in [0.2, 0.25) is 5.89 Å². The molecule has 0 bridgehead atoms. The maximum Gasteiger partial charge on any atom is 0.418 e. The molecule has 0 saturated carbocycles. The average molecular weight is 278 g/mol. The summed E-state index contributed by atoms with van der Waals surface area (Å²) >= 11 is 5.67. The van der Waals surface area contributed by atoms with Crippen LogP contribution in [0.15, 0.2) is 27.4 Å². The van der Waals surface area contributed by atoms with Crippen LogP contribution in [-0.4, -0.2) is 4.98 Å². The fourth-order valence-electron chi connectivity index (χ4n) is 1.51. The molecule has 0 radical (unpaired) electrons. The van der Waals surface area contributed by atoms with E-state index in [9.17, 15) is 18.0 Å². The van der Waals surface area contributed by atoms with Gasteiger partial charge in [-0.15, -0.1) is 11.6 Å². The largest absolute Gasteiger partial charge is 0.418 e. The van der Waals surface area contributed by atoms with Gasteiger partial charge in [-0.2, -0.15) is 13.2 Å². The molecule has 0 saturated heterocycles. The average Bonchev–Trinajstić information content (AvgIpc) is 2.26. The van der Waals surface area contributed by atoms with Crippen LogP contribution in [0, 0.1) is 0 Å². The maximum absolute atomic E-state index is 12.8. The Kier molecular flexibility index (Phi) is 3.06. The summed E-state index contributed by atoms with van der Waals surface area (Å²) in [4.78, 5) is 15.2. The monoisotopic (exact) mass is 277 g/mol. The van der Waals surface area contributed by atoms with Crippen LogP contribution in [0.5, 0.6) is 0 Å². The Balaban J connectivity index is 2.87. The second-order valence-electron chi connectivity index (χ2n) is 3.66. The summed E-state index contributed by atoms with van der Waals surface area (Å²) in [6.45, 7) is 1.45. The molecule has 2 aromatic rings. The van der Waals surface area contributed by atoms with Crippen molar-refractivity contribution in [3.63, 3.8) is 0 Å². The van der Waals surface area contributed by atoms with Crippen molar-refractivity contribution in [3.8, 4) is 0 Å². The van der Waals surface area contributed by atoms with Gasteiger partial charge >= 0.3 is 11.8 Å². The van der Waals surface area contributed by atoms with Crippen molar-refractivity contribution < 1.29 is 17.6 Å². The smallest absolute Gasteiger partial charge is 0.406 e. The van der Waals surface area contributed by atoms with Crippen LogP contribution in [0.2, 0.25) is 0 Å². The first-order valence-corrected chi connectivity index (χ1v) is 5.39. The molecule has 0 aliphatic carbocycles. The number of aromatic nitrogens is 1. The van der Waals surface area contributed by atoms with E-state index in [-0.39, 0.29) is 11.3 Å². The number of nitrogens with zero attached hydrogens (tertiary/aromatic N) is 1. The highest BCUT2D eigenvalue weighted by molar-refractivity contribution is 6.20. The second kappa shape index (κ2) is 4.28. The van der Waals surface area contributed by atoms with E-state index < -0.39 is 28.3 Å². The number of alkyl halides is 4. The predicted octanol–water partition coefficient (Wildman–Crippen LogP) is 3.51. The van der Waals surface area contributed by atoms with Crippen molar-refractivity contribution in [1.29, 1.82) is 0 Å². The third-order valence-electron chi connectivity index (χ3n) is 2.32. The van der Waals surface area contributed by atoms with Gasteiger partial charge in [-0.1, -0.05) is 6.07 Å². The first-order chi connectivity index (χ1) is 8.30. The van der Waals surface area contributed by atoms with Crippen LogP contribution >= 0.6 is 11.6 Å². The molecule has 96 valence electrons. The normalized spacial score (nSPS) is 13.8. The third kappa shape index (κ3) is 2.20. The Morgan fingerprint density at radius 1 is 1.39 bits per heavy atom. The highest BCUT2D eigenvalue weighted by Gasteiger charge is 2.34. The van der Waals surface area contributed by atoms with Gasteiger partial charge in [-0.25, -0.2) is 9.78 Å². The van der Waals surface area contributed by atoms with Gasteiger partial charge in [-0.3, -0.25) is 0 Å². The molecule has 1 atom stereocenters. The van der Waals surface area contributed by atoms with E-state index in [1.165, 1.54) is 13.0 Å². The number of hydrogen-bond acceptors (Lipinski definition) is 3. The van der Waals surface area contributed by atoms with E-state index >= 15 is 0 Å². The standard InChI is InChI=1S/C11H7ClF3NO2/c1-5(12)9-16-8-6(10(17)18-9)3-2-4-7(8)11(13,14)15/h2-5H,1H3. The van der Waals surface area contributed by atoms with Gasteiger partial charge in [0.15, 0.2) is 0 Å². The molecule has 1 aromatic heterocycles. The molecule has 0 N–H and O–H groups in total. The van der Waals surface area contributed by atoms with Crippen LogP contribution in [0.3, 0.4) is 0 Å². The third-order valence-corrected chi connectivity index (χ3v) is 2.51. The van der Waals surface area contributed by atoms with E-state index in [1.807, 2.05) is 0 Å². The molecular formula is C11H7ClF3NO2. The molecule has 2 rings (SSSR count). The molecule has 18 heavy (non-hydrogen) atoms. The maximum atomic E-state index is 12.8. The predicted molar refractivity (Wildman–Crippen MR) is 59.5 cm³/mol. The summed E-state index contributed by atoms with van der Waals surface area (Å²) in [5.74, 6) is -0.231. The SMILES string of the molecule is CC(Cl)c1nc2c(C(F)(F)F)cccc2c(=O)o1. The molecule has 1 heterocycles. The number of para-hydroxylation sites is 1. The molecule has 1 unspecified atom stereocenters. The lowest BCUT2D eigenvalue weighted by Gasteiger charge is -2.10. The van der Waals surface area contributed by atoms with E-state index in [4.69, 9.17) is 16.0 Å². The molecule has 3 nitrogen and oxygen atoms in total. The molecule has 0 spiro atoms. The van der Waals surface area contributed by atoms with E-state index in [2.05, 4.69) is 4.98 Å².